The van der Waals surface area contributed by atoms with Crippen molar-refractivity contribution in [1.82, 2.24) is 9.88 Å². The van der Waals surface area contributed by atoms with E-state index in [0.29, 0.717) is 15.6 Å². The minimum atomic E-state index is -4.78. The molecule has 0 radical (unpaired) electrons. The highest BCUT2D eigenvalue weighted by Gasteiger charge is 2.56. The predicted molar refractivity (Wildman–Crippen MR) is 80.7 cm³/mol. The molecule has 1 saturated heterocycles. The Labute approximate surface area is 139 Å². The lowest BCUT2D eigenvalue weighted by Gasteiger charge is -2.39. The lowest BCUT2D eigenvalue weighted by Crippen LogP contribution is -2.58. The number of carbonyl (C=O) groups excluding carboxylic acids is 1. The molecule has 3 heterocycles. The summed E-state index contributed by atoms with van der Waals surface area (Å²) < 4.78 is 44.3. The van der Waals surface area contributed by atoms with E-state index in [1.165, 1.54) is 17.6 Å². The van der Waals surface area contributed by atoms with Gasteiger partial charge in [0.2, 0.25) is 0 Å². The smallest absolute Gasteiger partial charge is 0.418 e. The maximum Gasteiger partial charge on any atom is 0.418 e. The molecule has 3 rings (SSSR count). The number of alkyl halides is 3. The summed E-state index contributed by atoms with van der Waals surface area (Å²) in [7, 11) is 0. The Balaban J connectivity index is 1.84. The van der Waals surface area contributed by atoms with Crippen LogP contribution >= 0.6 is 11.3 Å². The van der Waals surface area contributed by atoms with Crippen molar-refractivity contribution >= 4 is 17.2 Å². The molecular formula is C15H15F3N2O3S. The van der Waals surface area contributed by atoms with Crippen molar-refractivity contribution in [2.45, 2.75) is 31.5 Å². The number of hydrogen-bond acceptors (Lipinski definition) is 5. The number of rotatable bonds is 2. The van der Waals surface area contributed by atoms with Crippen molar-refractivity contribution in [3.05, 3.63) is 29.0 Å². The molecule has 5 nitrogen and oxygen atoms in total. The Kier molecular flexibility index (Phi) is 4.16. The normalized spacial score (nSPS) is 22.0. The molecule has 9 heteroatoms. The Bertz CT molecular complexity index is 742. The van der Waals surface area contributed by atoms with Crippen LogP contribution in [0.1, 0.15) is 28.2 Å². The monoisotopic (exact) mass is 360 g/mol. The molecule has 2 aromatic heterocycles. The first-order valence-corrected chi connectivity index (χ1v) is 8.12. The third-order valence-corrected chi connectivity index (χ3v) is 5.00. The van der Waals surface area contributed by atoms with Gasteiger partial charge in [-0.3, -0.25) is 4.79 Å². The minimum absolute atomic E-state index is 0.0793. The second kappa shape index (κ2) is 5.89. The van der Waals surface area contributed by atoms with Gasteiger partial charge in [-0.25, -0.2) is 4.98 Å². The number of amides is 1. The van der Waals surface area contributed by atoms with Crippen LogP contribution < -0.4 is 0 Å². The molecule has 2 aromatic rings. The van der Waals surface area contributed by atoms with Crippen molar-refractivity contribution in [2.75, 3.05) is 13.1 Å². The summed E-state index contributed by atoms with van der Waals surface area (Å²) in [5.74, 6) is -0.114. The van der Waals surface area contributed by atoms with Crippen LogP contribution in [-0.4, -0.2) is 45.8 Å². The van der Waals surface area contributed by atoms with E-state index in [9.17, 15) is 23.1 Å². The first kappa shape index (κ1) is 17.0. The average molecular weight is 360 g/mol. The first-order valence-electron chi connectivity index (χ1n) is 7.31. The summed E-state index contributed by atoms with van der Waals surface area (Å²) in [6.45, 7) is 1.06. The number of aryl methyl sites for hydroxylation is 1. The molecule has 0 bridgehead atoms. The number of carbonyl (C=O) groups is 1. The SMILES string of the molecule is Cc1sc(-c2ccco2)nc1C(=O)N1CCC[C@](O)(C(F)(F)F)C1. The summed E-state index contributed by atoms with van der Waals surface area (Å²) in [6, 6.07) is 3.37. The maximum absolute atomic E-state index is 13.0. The van der Waals surface area contributed by atoms with Crippen LogP contribution in [0.25, 0.3) is 10.8 Å². The Hall–Kier alpha value is -1.87. The van der Waals surface area contributed by atoms with E-state index in [1.54, 1.807) is 19.1 Å². The van der Waals surface area contributed by atoms with E-state index in [0.717, 1.165) is 4.90 Å². The molecule has 130 valence electrons. The van der Waals surface area contributed by atoms with Crippen LogP contribution in [0, 0.1) is 6.92 Å². The predicted octanol–water partition coefficient (Wildman–Crippen LogP) is 3.24. The largest absolute Gasteiger partial charge is 0.462 e. The molecule has 0 unspecified atom stereocenters. The van der Waals surface area contributed by atoms with Gasteiger partial charge in [0.05, 0.1) is 12.8 Å². The third kappa shape index (κ3) is 2.93. The highest BCUT2D eigenvalue weighted by molar-refractivity contribution is 7.15. The van der Waals surface area contributed by atoms with E-state index >= 15 is 0 Å². The molecule has 1 aliphatic heterocycles. The molecule has 1 amide bonds. The van der Waals surface area contributed by atoms with Crippen LogP contribution in [0.4, 0.5) is 13.2 Å². The van der Waals surface area contributed by atoms with Gasteiger partial charge in [-0.15, -0.1) is 11.3 Å². The summed E-state index contributed by atoms with van der Waals surface area (Å²) in [4.78, 5) is 18.4. The standard InChI is InChI=1S/C15H15F3N2O3S/c1-9-11(19-12(24-9)10-4-2-7-23-10)13(21)20-6-3-5-14(22,8-20)15(16,17)18/h2,4,7,22H,3,5-6,8H2,1H3/t14-/m1/s1. The van der Waals surface area contributed by atoms with Crippen LogP contribution in [0.15, 0.2) is 22.8 Å². The summed E-state index contributed by atoms with van der Waals surface area (Å²) >= 11 is 1.23. The van der Waals surface area contributed by atoms with Gasteiger partial charge in [0.1, 0.15) is 5.69 Å². The molecule has 1 aliphatic rings. The Morgan fingerprint density at radius 3 is 2.88 bits per heavy atom. The minimum Gasteiger partial charge on any atom is -0.462 e. The molecule has 0 aromatic carbocycles. The molecule has 0 spiro atoms. The zero-order valence-electron chi connectivity index (χ0n) is 12.8. The van der Waals surface area contributed by atoms with E-state index in [-0.39, 0.29) is 18.7 Å². The molecule has 1 atom stereocenters. The lowest BCUT2D eigenvalue weighted by molar-refractivity contribution is -0.271. The zero-order valence-corrected chi connectivity index (χ0v) is 13.6. The van der Waals surface area contributed by atoms with Crippen molar-refractivity contribution in [1.29, 1.82) is 0 Å². The molecule has 1 fully saturated rings. The fraction of sp³-hybridized carbons (Fsp3) is 0.467. The topological polar surface area (TPSA) is 66.6 Å². The number of hydrogen-bond donors (Lipinski definition) is 1. The molecule has 1 N–H and O–H groups in total. The van der Waals surface area contributed by atoms with Crippen molar-refractivity contribution in [2.24, 2.45) is 0 Å². The fourth-order valence-electron chi connectivity index (χ4n) is 2.69. The third-order valence-electron chi connectivity index (χ3n) is 4.02. The average Bonchev–Trinajstić information content (AvgIpc) is 3.14. The van der Waals surface area contributed by atoms with Gasteiger partial charge in [-0.1, -0.05) is 0 Å². The van der Waals surface area contributed by atoms with Gasteiger partial charge >= 0.3 is 6.18 Å². The van der Waals surface area contributed by atoms with Gasteiger partial charge < -0.3 is 14.4 Å². The lowest BCUT2D eigenvalue weighted by atomic mass is 9.92. The summed E-state index contributed by atoms with van der Waals surface area (Å²) in [6.07, 6.45) is -3.63. The van der Waals surface area contributed by atoms with Gasteiger partial charge in [0.25, 0.3) is 5.91 Å². The van der Waals surface area contributed by atoms with Crippen molar-refractivity contribution in [3.63, 3.8) is 0 Å². The second-order valence-electron chi connectivity index (χ2n) is 5.76. The zero-order chi connectivity index (χ0) is 17.5. The fourth-order valence-corrected chi connectivity index (χ4v) is 3.56. The number of piperidine rings is 1. The highest BCUT2D eigenvalue weighted by Crippen LogP contribution is 2.38. The van der Waals surface area contributed by atoms with Crippen LogP contribution in [0.3, 0.4) is 0 Å². The molecule has 24 heavy (non-hydrogen) atoms. The number of β-amino-alcohol motifs (C(OH)–C–C–N with tert-alkyl or cyclic N) is 1. The van der Waals surface area contributed by atoms with Gasteiger partial charge in [0, 0.05) is 11.4 Å². The van der Waals surface area contributed by atoms with E-state index in [2.05, 4.69) is 4.98 Å². The van der Waals surface area contributed by atoms with Crippen LogP contribution in [-0.2, 0) is 0 Å². The number of likely N-dealkylation sites (tertiary alicyclic amines) is 1. The number of thiazole rings is 1. The number of aliphatic hydroxyl groups is 1. The quantitative estimate of drug-likeness (QED) is 0.893. The van der Waals surface area contributed by atoms with Gasteiger partial charge in [-0.2, -0.15) is 13.2 Å². The van der Waals surface area contributed by atoms with Gasteiger partial charge in [0.15, 0.2) is 16.4 Å². The highest BCUT2D eigenvalue weighted by atomic mass is 32.1. The number of nitrogens with zero attached hydrogens (tertiary/aromatic N) is 2. The molecular weight excluding hydrogens is 345 g/mol. The Morgan fingerprint density at radius 1 is 1.50 bits per heavy atom. The van der Waals surface area contributed by atoms with Gasteiger partial charge in [-0.05, 0) is 31.9 Å². The number of aromatic nitrogens is 1. The van der Waals surface area contributed by atoms with Crippen molar-refractivity contribution < 1.29 is 27.5 Å². The molecule has 0 saturated carbocycles. The van der Waals surface area contributed by atoms with Crippen LogP contribution in [0.2, 0.25) is 0 Å². The Morgan fingerprint density at radius 2 is 2.25 bits per heavy atom. The maximum atomic E-state index is 13.0. The summed E-state index contributed by atoms with van der Waals surface area (Å²) in [5, 5.41) is 10.3. The number of halogens is 3. The molecule has 0 aliphatic carbocycles. The van der Waals surface area contributed by atoms with E-state index < -0.39 is 30.7 Å². The van der Waals surface area contributed by atoms with Crippen molar-refractivity contribution in [3.8, 4) is 10.8 Å². The van der Waals surface area contributed by atoms with E-state index in [1.807, 2.05) is 0 Å². The van der Waals surface area contributed by atoms with E-state index in [4.69, 9.17) is 4.42 Å². The first-order chi connectivity index (χ1) is 11.2. The summed E-state index contributed by atoms with van der Waals surface area (Å²) in [5.41, 5.74) is -2.77. The number of furan rings is 1. The van der Waals surface area contributed by atoms with Crippen LogP contribution in [0.5, 0.6) is 0 Å². The second-order valence-corrected chi connectivity index (χ2v) is 6.96.